The van der Waals surface area contributed by atoms with Crippen molar-refractivity contribution in [3.63, 3.8) is 0 Å². The molecule has 1 amide bonds. The number of nitrogens with one attached hydrogen (secondary N) is 1. The molecule has 0 aliphatic heterocycles. The first-order valence-corrected chi connectivity index (χ1v) is 8.49. The molecule has 0 spiro atoms. The van der Waals surface area contributed by atoms with E-state index in [1.54, 1.807) is 0 Å². The minimum Gasteiger partial charge on any atom is -0.273 e. The molecule has 0 saturated heterocycles. The molecular formula is C20H20FN3O2. The van der Waals surface area contributed by atoms with E-state index in [1.807, 2.05) is 44.2 Å². The number of benzene rings is 2. The van der Waals surface area contributed by atoms with Gasteiger partial charge < -0.3 is 0 Å². The van der Waals surface area contributed by atoms with Gasteiger partial charge in [-0.1, -0.05) is 44.2 Å². The molecule has 0 fully saturated rings. The molecular weight excluding hydrogens is 333 g/mol. The number of hydrogen-bond acceptors (Lipinski definition) is 3. The Morgan fingerprint density at radius 3 is 2.62 bits per heavy atom. The van der Waals surface area contributed by atoms with Gasteiger partial charge in [0.15, 0.2) is 0 Å². The van der Waals surface area contributed by atoms with Crippen LogP contribution < -0.4 is 11.0 Å². The van der Waals surface area contributed by atoms with E-state index < -0.39 is 11.4 Å². The molecule has 0 aliphatic rings. The summed E-state index contributed by atoms with van der Waals surface area (Å²) in [5.41, 5.74) is 3.38. The normalized spacial score (nSPS) is 11.1. The number of hydrogen-bond donors (Lipinski definition) is 1. The Balaban J connectivity index is 1.99. The lowest BCUT2D eigenvalue weighted by molar-refractivity contribution is -0.116. The van der Waals surface area contributed by atoms with Gasteiger partial charge in [-0.05, 0) is 23.6 Å². The summed E-state index contributed by atoms with van der Waals surface area (Å²) in [6.45, 7) is 3.97. The molecule has 1 heterocycles. The minimum absolute atomic E-state index is 0.149. The first kappa shape index (κ1) is 17.8. The zero-order chi connectivity index (χ0) is 18.7. The number of amides is 1. The smallest absolute Gasteiger partial charge is 0.273 e. The number of carbonyl (C=O) groups excluding carboxylic acids is 1. The van der Waals surface area contributed by atoms with Crippen LogP contribution in [0.2, 0.25) is 0 Å². The first-order valence-electron chi connectivity index (χ1n) is 8.49. The van der Waals surface area contributed by atoms with E-state index in [2.05, 4.69) is 10.4 Å². The lowest BCUT2D eigenvalue weighted by atomic mass is 10.1. The molecule has 6 heteroatoms. The number of nitrogens with zero attached hydrogens (tertiary/aromatic N) is 2. The van der Waals surface area contributed by atoms with Gasteiger partial charge in [0.25, 0.3) is 5.56 Å². The van der Waals surface area contributed by atoms with E-state index in [4.69, 9.17) is 0 Å². The fraction of sp³-hybridized carbons (Fsp3) is 0.250. The number of rotatable bonds is 5. The Hall–Kier alpha value is -3.02. The van der Waals surface area contributed by atoms with Crippen LogP contribution in [0.3, 0.4) is 0 Å². The number of halogens is 1. The molecule has 3 rings (SSSR count). The standard InChI is InChI=1S/C20H20FN3O2/c1-13(2)10-18-22-17-12-15(21)8-9-16(17)20(26)24(18)23-19(25)11-14-6-4-3-5-7-14/h3-9,12-13H,10-11H2,1-2H3,(H,23,25). The topological polar surface area (TPSA) is 64.0 Å². The largest absolute Gasteiger partial charge is 0.280 e. The van der Waals surface area contributed by atoms with Crippen molar-refractivity contribution in [2.24, 2.45) is 5.92 Å². The number of fused-ring (bicyclic) bond motifs is 1. The quantitative estimate of drug-likeness (QED) is 0.767. The highest BCUT2D eigenvalue weighted by Crippen LogP contribution is 2.12. The number of aromatic nitrogens is 2. The lowest BCUT2D eigenvalue weighted by Crippen LogP contribution is -2.37. The van der Waals surface area contributed by atoms with Crippen LogP contribution in [0.15, 0.2) is 53.3 Å². The summed E-state index contributed by atoms with van der Waals surface area (Å²) in [5.74, 6) is -0.146. The van der Waals surface area contributed by atoms with Gasteiger partial charge in [-0.15, -0.1) is 0 Å². The summed E-state index contributed by atoms with van der Waals surface area (Å²) in [4.78, 5) is 29.6. The molecule has 2 aromatic carbocycles. The molecule has 0 atom stereocenters. The molecule has 0 aliphatic carbocycles. The second-order valence-corrected chi connectivity index (χ2v) is 6.63. The summed E-state index contributed by atoms with van der Waals surface area (Å²) < 4.78 is 14.7. The second kappa shape index (κ2) is 7.47. The monoisotopic (exact) mass is 353 g/mol. The van der Waals surface area contributed by atoms with Crippen LogP contribution in [0.25, 0.3) is 10.9 Å². The highest BCUT2D eigenvalue weighted by Gasteiger charge is 2.15. The van der Waals surface area contributed by atoms with Crippen molar-refractivity contribution in [2.45, 2.75) is 26.7 Å². The van der Waals surface area contributed by atoms with Crippen molar-refractivity contribution in [2.75, 3.05) is 5.43 Å². The third kappa shape index (κ3) is 3.96. The van der Waals surface area contributed by atoms with Crippen molar-refractivity contribution in [3.05, 3.63) is 76.1 Å². The van der Waals surface area contributed by atoms with Crippen LogP contribution in [0, 0.1) is 11.7 Å². The molecule has 0 bridgehead atoms. The molecule has 1 N–H and O–H groups in total. The lowest BCUT2D eigenvalue weighted by Gasteiger charge is -2.15. The van der Waals surface area contributed by atoms with E-state index in [9.17, 15) is 14.0 Å². The maximum Gasteiger partial charge on any atom is 0.280 e. The SMILES string of the molecule is CC(C)Cc1nc2cc(F)ccc2c(=O)n1NC(=O)Cc1ccccc1. The molecule has 0 radical (unpaired) electrons. The Labute approximate surface area is 150 Å². The molecule has 1 aromatic heterocycles. The van der Waals surface area contributed by atoms with E-state index >= 15 is 0 Å². The highest BCUT2D eigenvalue weighted by atomic mass is 19.1. The zero-order valence-corrected chi connectivity index (χ0v) is 14.7. The molecule has 3 aromatic rings. The molecule has 134 valence electrons. The predicted molar refractivity (Wildman–Crippen MR) is 99.0 cm³/mol. The Kier molecular flexibility index (Phi) is 5.11. The van der Waals surface area contributed by atoms with E-state index in [-0.39, 0.29) is 23.6 Å². The van der Waals surface area contributed by atoms with Gasteiger partial charge >= 0.3 is 0 Å². The Bertz CT molecular complexity index is 997. The van der Waals surface area contributed by atoms with Crippen molar-refractivity contribution < 1.29 is 9.18 Å². The summed E-state index contributed by atoms with van der Waals surface area (Å²) in [7, 11) is 0. The zero-order valence-electron chi connectivity index (χ0n) is 14.7. The van der Waals surface area contributed by atoms with Gasteiger partial charge in [-0.2, -0.15) is 0 Å². The maximum absolute atomic E-state index is 13.5. The van der Waals surface area contributed by atoms with Crippen LogP contribution in [0.4, 0.5) is 4.39 Å². The molecule has 5 nitrogen and oxygen atoms in total. The average molecular weight is 353 g/mol. The van der Waals surface area contributed by atoms with E-state index in [1.165, 1.54) is 22.9 Å². The third-order valence-electron chi connectivity index (χ3n) is 3.94. The summed E-state index contributed by atoms with van der Waals surface area (Å²) in [6, 6.07) is 13.1. The second-order valence-electron chi connectivity index (χ2n) is 6.63. The fourth-order valence-corrected chi connectivity index (χ4v) is 2.77. The average Bonchev–Trinajstić information content (AvgIpc) is 2.58. The Morgan fingerprint density at radius 1 is 1.19 bits per heavy atom. The number of carbonyl (C=O) groups is 1. The van der Waals surface area contributed by atoms with Gasteiger partial charge in [0.05, 0.1) is 17.3 Å². The van der Waals surface area contributed by atoms with Gasteiger partial charge in [-0.25, -0.2) is 14.1 Å². The van der Waals surface area contributed by atoms with Crippen molar-refractivity contribution in [3.8, 4) is 0 Å². The van der Waals surface area contributed by atoms with Crippen LogP contribution in [0.5, 0.6) is 0 Å². The van der Waals surface area contributed by atoms with Crippen LogP contribution >= 0.6 is 0 Å². The summed E-state index contributed by atoms with van der Waals surface area (Å²) in [5, 5.41) is 0.263. The van der Waals surface area contributed by atoms with Crippen molar-refractivity contribution in [1.82, 2.24) is 9.66 Å². The van der Waals surface area contributed by atoms with Crippen molar-refractivity contribution in [1.29, 1.82) is 0 Å². The first-order chi connectivity index (χ1) is 12.4. The van der Waals surface area contributed by atoms with E-state index in [0.29, 0.717) is 17.8 Å². The van der Waals surface area contributed by atoms with Crippen LogP contribution in [0.1, 0.15) is 25.2 Å². The Morgan fingerprint density at radius 2 is 1.92 bits per heavy atom. The van der Waals surface area contributed by atoms with Gasteiger partial charge in [0.1, 0.15) is 11.6 Å². The molecule has 0 unspecified atom stereocenters. The minimum atomic E-state index is -0.453. The maximum atomic E-state index is 13.5. The highest BCUT2D eigenvalue weighted by molar-refractivity contribution is 5.86. The van der Waals surface area contributed by atoms with E-state index in [0.717, 1.165) is 5.56 Å². The predicted octanol–water partition coefficient (Wildman–Crippen LogP) is 3.05. The van der Waals surface area contributed by atoms with Gasteiger partial charge in [-0.3, -0.25) is 15.0 Å². The van der Waals surface area contributed by atoms with Crippen LogP contribution in [-0.2, 0) is 17.6 Å². The molecule has 0 saturated carbocycles. The van der Waals surface area contributed by atoms with Gasteiger partial charge in [0, 0.05) is 12.5 Å². The fourth-order valence-electron chi connectivity index (χ4n) is 2.77. The van der Waals surface area contributed by atoms with Crippen molar-refractivity contribution >= 4 is 16.8 Å². The summed E-state index contributed by atoms with van der Waals surface area (Å²) in [6.07, 6.45) is 0.628. The molecule has 26 heavy (non-hydrogen) atoms. The third-order valence-corrected chi connectivity index (χ3v) is 3.94. The van der Waals surface area contributed by atoms with Gasteiger partial charge in [0.2, 0.25) is 5.91 Å². The summed E-state index contributed by atoms with van der Waals surface area (Å²) >= 11 is 0. The van der Waals surface area contributed by atoms with Crippen LogP contribution in [-0.4, -0.2) is 15.6 Å².